The summed E-state index contributed by atoms with van der Waals surface area (Å²) in [4.78, 5) is 0. The molecule has 0 fully saturated rings. The molecule has 2 rings (SSSR count). The molecule has 0 N–H and O–H groups in total. The standard InChI is InChI=1S/C9H13N/c1-7-3-8-5-10(2)6-9(8)4-7/h5-7H,3-4H2,1-2H3. The normalized spacial score (nSPS) is 17.8. The molecule has 1 nitrogen and oxygen atoms in total. The van der Waals surface area contributed by atoms with Crippen LogP contribution in [0.3, 0.4) is 0 Å². The second kappa shape index (κ2) is 1.88. The molecule has 1 heteroatoms. The van der Waals surface area contributed by atoms with Gasteiger partial charge in [0.15, 0.2) is 0 Å². The van der Waals surface area contributed by atoms with Crippen molar-refractivity contribution >= 4 is 0 Å². The summed E-state index contributed by atoms with van der Waals surface area (Å²) in [6.45, 7) is 2.32. The Labute approximate surface area is 61.7 Å². The topological polar surface area (TPSA) is 4.93 Å². The van der Waals surface area contributed by atoms with Crippen LogP contribution in [0.5, 0.6) is 0 Å². The van der Waals surface area contributed by atoms with Crippen molar-refractivity contribution in [2.45, 2.75) is 19.8 Å². The number of rotatable bonds is 0. The van der Waals surface area contributed by atoms with E-state index in [4.69, 9.17) is 0 Å². The third kappa shape index (κ3) is 0.772. The first kappa shape index (κ1) is 6.02. The average molecular weight is 135 g/mol. The van der Waals surface area contributed by atoms with Gasteiger partial charge in [0.2, 0.25) is 0 Å². The largest absolute Gasteiger partial charge is 0.357 e. The van der Waals surface area contributed by atoms with Gasteiger partial charge in [-0.2, -0.15) is 0 Å². The van der Waals surface area contributed by atoms with Crippen molar-refractivity contribution in [2.75, 3.05) is 0 Å². The van der Waals surface area contributed by atoms with Gasteiger partial charge in [-0.1, -0.05) is 6.92 Å². The zero-order valence-electron chi connectivity index (χ0n) is 6.59. The molecular weight excluding hydrogens is 122 g/mol. The molecule has 0 amide bonds. The van der Waals surface area contributed by atoms with Gasteiger partial charge in [-0.05, 0) is 29.9 Å². The summed E-state index contributed by atoms with van der Waals surface area (Å²) in [5, 5.41) is 0. The Kier molecular flexibility index (Phi) is 1.13. The summed E-state index contributed by atoms with van der Waals surface area (Å²) in [7, 11) is 2.10. The van der Waals surface area contributed by atoms with E-state index in [-0.39, 0.29) is 0 Å². The fourth-order valence-electron chi connectivity index (χ4n) is 1.89. The van der Waals surface area contributed by atoms with Crippen LogP contribution in [-0.2, 0) is 19.9 Å². The van der Waals surface area contributed by atoms with Crippen LogP contribution in [0, 0.1) is 5.92 Å². The lowest BCUT2D eigenvalue weighted by atomic mass is 10.1. The third-order valence-electron chi connectivity index (χ3n) is 2.27. The molecule has 0 aliphatic heterocycles. The van der Waals surface area contributed by atoms with E-state index in [2.05, 4.69) is 30.9 Å². The van der Waals surface area contributed by atoms with Gasteiger partial charge in [-0.25, -0.2) is 0 Å². The molecule has 0 atom stereocenters. The first-order valence-electron chi connectivity index (χ1n) is 3.89. The molecule has 0 spiro atoms. The van der Waals surface area contributed by atoms with Crippen LogP contribution in [0.15, 0.2) is 12.4 Å². The molecule has 0 bridgehead atoms. The summed E-state index contributed by atoms with van der Waals surface area (Å²) < 4.78 is 2.16. The van der Waals surface area contributed by atoms with E-state index >= 15 is 0 Å². The van der Waals surface area contributed by atoms with E-state index in [9.17, 15) is 0 Å². The summed E-state index contributed by atoms with van der Waals surface area (Å²) in [6, 6.07) is 0. The van der Waals surface area contributed by atoms with Crippen molar-refractivity contribution in [3.63, 3.8) is 0 Å². The van der Waals surface area contributed by atoms with E-state index in [1.165, 1.54) is 12.8 Å². The van der Waals surface area contributed by atoms with Crippen LogP contribution in [0.2, 0.25) is 0 Å². The Morgan fingerprint density at radius 1 is 1.30 bits per heavy atom. The highest BCUT2D eigenvalue weighted by Gasteiger charge is 2.18. The number of fused-ring (bicyclic) bond motifs is 1. The number of hydrogen-bond donors (Lipinski definition) is 0. The van der Waals surface area contributed by atoms with Crippen LogP contribution < -0.4 is 0 Å². The van der Waals surface area contributed by atoms with Crippen LogP contribution in [-0.4, -0.2) is 4.57 Å². The van der Waals surface area contributed by atoms with Crippen LogP contribution >= 0.6 is 0 Å². The van der Waals surface area contributed by atoms with Gasteiger partial charge < -0.3 is 4.57 Å². The van der Waals surface area contributed by atoms with Crippen molar-refractivity contribution in [3.8, 4) is 0 Å². The van der Waals surface area contributed by atoms with Crippen molar-refractivity contribution in [1.82, 2.24) is 4.57 Å². The highest BCUT2D eigenvalue weighted by atomic mass is 14.9. The molecule has 0 radical (unpaired) electrons. The van der Waals surface area contributed by atoms with Crippen molar-refractivity contribution in [2.24, 2.45) is 13.0 Å². The highest BCUT2D eigenvalue weighted by Crippen LogP contribution is 2.26. The lowest BCUT2D eigenvalue weighted by Gasteiger charge is -1.97. The van der Waals surface area contributed by atoms with Gasteiger partial charge in [-0.3, -0.25) is 0 Å². The highest BCUT2D eigenvalue weighted by molar-refractivity contribution is 5.29. The van der Waals surface area contributed by atoms with Gasteiger partial charge in [-0.15, -0.1) is 0 Å². The maximum absolute atomic E-state index is 2.32. The van der Waals surface area contributed by atoms with E-state index in [0.717, 1.165) is 5.92 Å². The number of aromatic nitrogens is 1. The van der Waals surface area contributed by atoms with Crippen molar-refractivity contribution in [3.05, 3.63) is 23.5 Å². The minimum atomic E-state index is 0.881. The number of hydrogen-bond acceptors (Lipinski definition) is 0. The fraction of sp³-hybridized carbons (Fsp3) is 0.556. The second-order valence-electron chi connectivity index (χ2n) is 3.49. The molecule has 1 aliphatic carbocycles. The molecule has 1 heterocycles. The molecular formula is C9H13N. The van der Waals surface area contributed by atoms with E-state index in [1.54, 1.807) is 11.1 Å². The van der Waals surface area contributed by atoms with E-state index < -0.39 is 0 Å². The molecule has 0 unspecified atom stereocenters. The minimum Gasteiger partial charge on any atom is -0.357 e. The lowest BCUT2D eigenvalue weighted by molar-refractivity contribution is 0.621. The average Bonchev–Trinajstić information content (AvgIpc) is 2.21. The Morgan fingerprint density at radius 2 is 1.80 bits per heavy atom. The number of aryl methyl sites for hydroxylation is 1. The zero-order valence-corrected chi connectivity index (χ0v) is 6.59. The Bertz CT molecular complexity index is 224. The SMILES string of the molecule is CC1Cc2cn(C)cc2C1. The first-order chi connectivity index (χ1) is 4.75. The maximum Gasteiger partial charge on any atom is 0.0106 e. The molecule has 10 heavy (non-hydrogen) atoms. The van der Waals surface area contributed by atoms with Crippen LogP contribution in [0.1, 0.15) is 18.1 Å². The third-order valence-corrected chi connectivity index (χ3v) is 2.27. The summed E-state index contributed by atoms with van der Waals surface area (Å²) in [5.41, 5.74) is 3.13. The zero-order chi connectivity index (χ0) is 7.14. The smallest absolute Gasteiger partial charge is 0.0106 e. The van der Waals surface area contributed by atoms with Crippen LogP contribution in [0.4, 0.5) is 0 Å². The van der Waals surface area contributed by atoms with Gasteiger partial charge >= 0.3 is 0 Å². The monoisotopic (exact) mass is 135 g/mol. The quantitative estimate of drug-likeness (QED) is 0.511. The van der Waals surface area contributed by atoms with E-state index in [1.807, 2.05) is 0 Å². The molecule has 0 saturated heterocycles. The number of nitrogens with zero attached hydrogens (tertiary/aromatic N) is 1. The summed E-state index contributed by atoms with van der Waals surface area (Å²) in [6.07, 6.45) is 7.07. The van der Waals surface area contributed by atoms with Gasteiger partial charge in [0, 0.05) is 19.4 Å². The van der Waals surface area contributed by atoms with Gasteiger partial charge in [0.1, 0.15) is 0 Å². The lowest BCUT2D eigenvalue weighted by Crippen LogP contribution is -1.92. The van der Waals surface area contributed by atoms with E-state index in [0.29, 0.717) is 0 Å². The first-order valence-corrected chi connectivity index (χ1v) is 3.89. The summed E-state index contributed by atoms with van der Waals surface area (Å²) in [5.74, 6) is 0.881. The van der Waals surface area contributed by atoms with Crippen LogP contribution in [0.25, 0.3) is 0 Å². The second-order valence-corrected chi connectivity index (χ2v) is 3.49. The molecule has 1 aliphatic rings. The Balaban J connectivity index is 2.39. The molecule has 1 aromatic rings. The molecule has 1 aromatic heterocycles. The predicted octanol–water partition coefficient (Wildman–Crippen LogP) is 1.76. The minimum absolute atomic E-state index is 0.881. The Morgan fingerprint density at radius 3 is 2.30 bits per heavy atom. The van der Waals surface area contributed by atoms with Crippen molar-refractivity contribution < 1.29 is 0 Å². The maximum atomic E-state index is 2.32. The molecule has 0 aromatic carbocycles. The fourth-order valence-corrected chi connectivity index (χ4v) is 1.89. The van der Waals surface area contributed by atoms with Gasteiger partial charge in [0.05, 0.1) is 0 Å². The van der Waals surface area contributed by atoms with Gasteiger partial charge in [0.25, 0.3) is 0 Å². The molecule has 54 valence electrons. The van der Waals surface area contributed by atoms with Crippen molar-refractivity contribution in [1.29, 1.82) is 0 Å². The summed E-state index contributed by atoms with van der Waals surface area (Å²) >= 11 is 0. The Hall–Kier alpha value is -0.720. The predicted molar refractivity (Wildman–Crippen MR) is 42.0 cm³/mol. The molecule has 0 saturated carbocycles.